The number of hydrogen-bond acceptors (Lipinski definition) is 2. The van der Waals surface area contributed by atoms with Crippen LogP contribution >= 0.6 is 0 Å². The Morgan fingerprint density at radius 3 is 2.73 bits per heavy atom. The minimum absolute atomic E-state index is 0.0146. The van der Waals surface area contributed by atoms with Gasteiger partial charge in [0.15, 0.2) is 0 Å². The van der Waals surface area contributed by atoms with Gasteiger partial charge < -0.3 is 11.1 Å². The van der Waals surface area contributed by atoms with Crippen LogP contribution in [0.15, 0.2) is 24.3 Å². The van der Waals surface area contributed by atoms with Crippen molar-refractivity contribution in [3.05, 3.63) is 35.4 Å². The first-order valence-electron chi connectivity index (χ1n) is 5.40. The van der Waals surface area contributed by atoms with Gasteiger partial charge in [-0.25, -0.2) is 0 Å². The molecular formula is C12H16N2O. The van der Waals surface area contributed by atoms with Crippen LogP contribution in [-0.2, 0) is 6.54 Å². The summed E-state index contributed by atoms with van der Waals surface area (Å²) in [4.78, 5) is 11.9. The van der Waals surface area contributed by atoms with Crippen molar-refractivity contribution < 1.29 is 4.79 Å². The Balaban J connectivity index is 2.09. The maximum absolute atomic E-state index is 11.9. The Morgan fingerprint density at radius 1 is 1.40 bits per heavy atom. The number of nitrogens with two attached hydrogens (primary N) is 1. The predicted octanol–water partition coefficient (Wildman–Crippen LogP) is 1.43. The first-order chi connectivity index (χ1) is 7.31. The van der Waals surface area contributed by atoms with Gasteiger partial charge in [0.2, 0.25) is 0 Å². The van der Waals surface area contributed by atoms with Gasteiger partial charge in [0.05, 0.1) is 0 Å². The molecule has 0 aliphatic heterocycles. The number of benzene rings is 1. The van der Waals surface area contributed by atoms with Crippen LogP contribution in [0, 0.1) is 0 Å². The topological polar surface area (TPSA) is 55.1 Å². The van der Waals surface area contributed by atoms with Gasteiger partial charge in [0.25, 0.3) is 5.91 Å². The van der Waals surface area contributed by atoms with E-state index < -0.39 is 0 Å². The number of hydrogen-bond donors (Lipinski definition) is 2. The molecule has 1 saturated carbocycles. The number of carbonyl (C=O) groups is 1. The molecule has 1 amide bonds. The highest BCUT2D eigenvalue weighted by molar-refractivity contribution is 5.95. The minimum atomic E-state index is 0.0146. The molecule has 0 heterocycles. The molecule has 1 aliphatic rings. The largest absolute Gasteiger partial charge is 0.349 e. The third kappa shape index (κ3) is 2.18. The molecule has 0 bridgehead atoms. The number of rotatable bonds is 3. The van der Waals surface area contributed by atoms with E-state index >= 15 is 0 Å². The maximum Gasteiger partial charge on any atom is 0.251 e. The normalized spacial score (nSPS) is 15.8. The predicted molar refractivity (Wildman–Crippen MR) is 59.4 cm³/mol. The van der Waals surface area contributed by atoms with Crippen LogP contribution in [0.5, 0.6) is 0 Å². The molecule has 1 fully saturated rings. The standard InChI is InChI=1S/C12H16N2O/c13-8-9-4-1-2-7-11(9)12(15)14-10-5-3-6-10/h1-2,4,7,10H,3,5-6,8,13H2,(H,14,15). The molecule has 0 atom stereocenters. The fourth-order valence-corrected chi connectivity index (χ4v) is 1.74. The smallest absolute Gasteiger partial charge is 0.251 e. The van der Waals surface area contributed by atoms with E-state index in [4.69, 9.17) is 5.73 Å². The van der Waals surface area contributed by atoms with Gasteiger partial charge >= 0.3 is 0 Å². The second-order valence-electron chi connectivity index (χ2n) is 3.96. The Labute approximate surface area is 89.7 Å². The Kier molecular flexibility index (Phi) is 3.02. The number of amides is 1. The highest BCUT2D eigenvalue weighted by Crippen LogP contribution is 2.19. The van der Waals surface area contributed by atoms with E-state index in [2.05, 4.69) is 5.32 Å². The van der Waals surface area contributed by atoms with Crippen LogP contribution < -0.4 is 11.1 Å². The Hall–Kier alpha value is -1.35. The quantitative estimate of drug-likeness (QED) is 0.782. The summed E-state index contributed by atoms with van der Waals surface area (Å²) < 4.78 is 0. The fraction of sp³-hybridized carbons (Fsp3) is 0.417. The molecular weight excluding hydrogens is 188 g/mol. The molecule has 2 rings (SSSR count). The van der Waals surface area contributed by atoms with Gasteiger partial charge in [-0.1, -0.05) is 18.2 Å². The first kappa shape index (κ1) is 10.2. The minimum Gasteiger partial charge on any atom is -0.349 e. The van der Waals surface area contributed by atoms with E-state index in [9.17, 15) is 4.79 Å². The van der Waals surface area contributed by atoms with Gasteiger partial charge in [0.1, 0.15) is 0 Å². The molecule has 1 aromatic carbocycles. The van der Waals surface area contributed by atoms with E-state index in [1.54, 1.807) is 0 Å². The van der Waals surface area contributed by atoms with Crippen molar-refractivity contribution in [3.63, 3.8) is 0 Å². The Morgan fingerprint density at radius 2 is 2.13 bits per heavy atom. The molecule has 0 aromatic heterocycles. The highest BCUT2D eigenvalue weighted by atomic mass is 16.1. The average molecular weight is 204 g/mol. The van der Waals surface area contributed by atoms with Gasteiger partial charge in [0, 0.05) is 18.2 Å². The summed E-state index contributed by atoms with van der Waals surface area (Å²) in [6.45, 7) is 0.411. The van der Waals surface area contributed by atoms with Crippen molar-refractivity contribution in [3.8, 4) is 0 Å². The van der Waals surface area contributed by atoms with Crippen molar-refractivity contribution in [1.82, 2.24) is 5.32 Å². The van der Waals surface area contributed by atoms with E-state index in [1.807, 2.05) is 24.3 Å². The number of nitrogens with one attached hydrogen (secondary N) is 1. The zero-order chi connectivity index (χ0) is 10.7. The maximum atomic E-state index is 11.9. The first-order valence-corrected chi connectivity index (χ1v) is 5.40. The van der Waals surface area contributed by atoms with E-state index in [0.29, 0.717) is 18.2 Å². The molecule has 15 heavy (non-hydrogen) atoms. The zero-order valence-corrected chi connectivity index (χ0v) is 8.70. The van der Waals surface area contributed by atoms with Crippen molar-refractivity contribution in [2.45, 2.75) is 31.8 Å². The second kappa shape index (κ2) is 4.45. The molecule has 1 aliphatic carbocycles. The van der Waals surface area contributed by atoms with Crippen LogP contribution in [0.1, 0.15) is 35.2 Å². The lowest BCUT2D eigenvalue weighted by molar-refractivity contribution is 0.0916. The molecule has 80 valence electrons. The lowest BCUT2D eigenvalue weighted by Crippen LogP contribution is -2.39. The van der Waals surface area contributed by atoms with Gasteiger partial charge in [-0.15, -0.1) is 0 Å². The Bertz CT molecular complexity index is 358. The summed E-state index contributed by atoms with van der Waals surface area (Å²) in [7, 11) is 0. The molecule has 0 radical (unpaired) electrons. The van der Waals surface area contributed by atoms with E-state index in [-0.39, 0.29) is 5.91 Å². The summed E-state index contributed by atoms with van der Waals surface area (Å²) in [6, 6.07) is 7.88. The third-order valence-corrected chi connectivity index (χ3v) is 2.92. The molecule has 3 nitrogen and oxygen atoms in total. The average Bonchev–Trinajstić information content (AvgIpc) is 2.23. The van der Waals surface area contributed by atoms with Crippen molar-refractivity contribution >= 4 is 5.91 Å². The third-order valence-electron chi connectivity index (χ3n) is 2.92. The van der Waals surface area contributed by atoms with Crippen molar-refractivity contribution in [2.24, 2.45) is 5.73 Å². The molecule has 0 saturated heterocycles. The van der Waals surface area contributed by atoms with Gasteiger partial charge in [-0.3, -0.25) is 4.79 Å². The summed E-state index contributed by atoms with van der Waals surface area (Å²) in [5, 5.41) is 3.01. The SMILES string of the molecule is NCc1ccccc1C(=O)NC1CCC1. The van der Waals surface area contributed by atoms with E-state index in [1.165, 1.54) is 6.42 Å². The van der Waals surface area contributed by atoms with Crippen molar-refractivity contribution in [1.29, 1.82) is 0 Å². The monoisotopic (exact) mass is 204 g/mol. The summed E-state index contributed by atoms with van der Waals surface area (Å²) in [5.74, 6) is 0.0146. The van der Waals surface area contributed by atoms with E-state index in [0.717, 1.165) is 18.4 Å². The summed E-state index contributed by atoms with van der Waals surface area (Å²) in [6.07, 6.45) is 3.44. The summed E-state index contributed by atoms with van der Waals surface area (Å²) >= 11 is 0. The molecule has 3 N–H and O–H groups in total. The summed E-state index contributed by atoms with van der Waals surface area (Å²) in [5.41, 5.74) is 7.21. The zero-order valence-electron chi connectivity index (χ0n) is 8.70. The van der Waals surface area contributed by atoms with Gasteiger partial charge in [-0.05, 0) is 30.9 Å². The second-order valence-corrected chi connectivity index (χ2v) is 3.96. The van der Waals surface area contributed by atoms with Crippen LogP contribution in [0.25, 0.3) is 0 Å². The van der Waals surface area contributed by atoms with Crippen LogP contribution in [0.3, 0.4) is 0 Å². The molecule has 0 spiro atoms. The lowest BCUT2D eigenvalue weighted by Gasteiger charge is -2.26. The lowest BCUT2D eigenvalue weighted by atomic mass is 9.92. The van der Waals surface area contributed by atoms with Gasteiger partial charge in [-0.2, -0.15) is 0 Å². The fourth-order valence-electron chi connectivity index (χ4n) is 1.74. The molecule has 1 aromatic rings. The van der Waals surface area contributed by atoms with Crippen LogP contribution in [0.2, 0.25) is 0 Å². The highest BCUT2D eigenvalue weighted by Gasteiger charge is 2.20. The molecule has 0 unspecified atom stereocenters. The molecule has 3 heteroatoms. The number of carbonyl (C=O) groups excluding carboxylic acids is 1. The van der Waals surface area contributed by atoms with Crippen molar-refractivity contribution in [2.75, 3.05) is 0 Å². The van der Waals surface area contributed by atoms with Crippen LogP contribution in [-0.4, -0.2) is 11.9 Å². The van der Waals surface area contributed by atoms with Crippen LogP contribution in [0.4, 0.5) is 0 Å².